The van der Waals surface area contributed by atoms with Crippen molar-refractivity contribution in [3.05, 3.63) is 77.9 Å². The van der Waals surface area contributed by atoms with Crippen LogP contribution in [-0.4, -0.2) is 44.4 Å². The normalized spacial score (nSPS) is 15.6. The summed E-state index contributed by atoms with van der Waals surface area (Å²) in [6, 6.07) is 22.3. The van der Waals surface area contributed by atoms with Gasteiger partial charge in [0.2, 0.25) is 0 Å². The average Bonchev–Trinajstić information content (AvgIpc) is 2.79. The van der Waals surface area contributed by atoms with Crippen LogP contribution < -0.4 is 15.1 Å². The van der Waals surface area contributed by atoms with Crippen molar-refractivity contribution in [1.82, 2.24) is 5.32 Å². The quantitative estimate of drug-likeness (QED) is 0.608. The summed E-state index contributed by atoms with van der Waals surface area (Å²) in [7, 11) is 0. The molecule has 31 heavy (non-hydrogen) atoms. The zero-order valence-electron chi connectivity index (χ0n) is 18.2. The summed E-state index contributed by atoms with van der Waals surface area (Å²) in [4.78, 5) is 27.8. The lowest BCUT2D eigenvalue weighted by Crippen LogP contribution is -3.15. The zero-order chi connectivity index (χ0) is 21.8. The van der Waals surface area contributed by atoms with E-state index < -0.39 is 0 Å². The number of hydrogen-bond acceptors (Lipinski definition) is 3. The molecule has 2 N–H and O–H groups in total. The lowest BCUT2D eigenvalue weighted by Gasteiger charge is -2.33. The van der Waals surface area contributed by atoms with Crippen LogP contribution in [0.15, 0.2) is 66.7 Å². The summed E-state index contributed by atoms with van der Waals surface area (Å²) in [5.74, 6) is 0.180. The molecule has 1 aliphatic rings. The molecule has 0 aromatic heterocycles. The van der Waals surface area contributed by atoms with Gasteiger partial charge in [0.15, 0.2) is 12.3 Å². The highest BCUT2D eigenvalue weighted by atomic mass is 16.2. The predicted molar refractivity (Wildman–Crippen MR) is 125 cm³/mol. The van der Waals surface area contributed by atoms with Gasteiger partial charge < -0.3 is 15.1 Å². The first-order valence-corrected chi connectivity index (χ1v) is 11.0. The number of nitrogens with zero attached hydrogens (tertiary/aromatic N) is 1. The van der Waals surface area contributed by atoms with Gasteiger partial charge in [0.1, 0.15) is 0 Å². The number of ketones is 1. The molecule has 0 spiro atoms. The van der Waals surface area contributed by atoms with Crippen molar-refractivity contribution in [2.24, 2.45) is 0 Å². The van der Waals surface area contributed by atoms with E-state index in [1.165, 1.54) is 15.7 Å². The monoisotopic (exact) mass is 416 g/mol. The minimum Gasteiger partial charge on any atom is -0.360 e. The first kappa shape index (κ1) is 21.1. The van der Waals surface area contributed by atoms with E-state index in [1.807, 2.05) is 42.5 Å². The van der Waals surface area contributed by atoms with Crippen LogP contribution in [0.25, 0.3) is 10.8 Å². The fraction of sp³-hybridized carbons (Fsp3) is 0.308. The van der Waals surface area contributed by atoms with Crippen LogP contribution in [0.1, 0.15) is 35.8 Å². The first-order chi connectivity index (χ1) is 15.0. The number of benzene rings is 3. The molecule has 1 fully saturated rings. The van der Waals surface area contributed by atoms with E-state index >= 15 is 0 Å². The number of rotatable bonds is 6. The maximum absolute atomic E-state index is 12.7. The minimum atomic E-state index is -0.0286. The number of nitrogens with one attached hydrogen (secondary N) is 2. The standard InChI is InChI=1S/C26H29N3O2/c1-19(24-9-5-7-22-6-3-4-8-25(22)24)27-26(31)18-28-14-16-29(17-15-28)23-12-10-21(11-13-23)20(2)30/h3-13,19H,14-18H2,1-2H3,(H,27,31)/p+1/t19-/m1/s1. The Balaban J connectivity index is 1.30. The number of fused-ring (bicyclic) bond motifs is 1. The van der Waals surface area contributed by atoms with E-state index in [-0.39, 0.29) is 17.7 Å². The Bertz CT molecular complexity index is 1060. The van der Waals surface area contributed by atoms with Crippen LogP contribution in [-0.2, 0) is 4.79 Å². The largest absolute Gasteiger partial charge is 0.360 e. The number of amides is 1. The van der Waals surface area contributed by atoms with Crippen molar-refractivity contribution in [2.45, 2.75) is 19.9 Å². The molecule has 1 heterocycles. The van der Waals surface area contributed by atoms with E-state index in [0.717, 1.165) is 43.0 Å². The van der Waals surface area contributed by atoms with Crippen LogP contribution in [0.5, 0.6) is 0 Å². The van der Waals surface area contributed by atoms with Crippen LogP contribution in [0.4, 0.5) is 5.69 Å². The molecule has 0 radical (unpaired) electrons. The van der Waals surface area contributed by atoms with Crippen molar-refractivity contribution < 1.29 is 14.5 Å². The Labute approximate surface area is 183 Å². The van der Waals surface area contributed by atoms with Crippen molar-refractivity contribution in [2.75, 3.05) is 37.6 Å². The summed E-state index contributed by atoms with van der Waals surface area (Å²) >= 11 is 0. The zero-order valence-corrected chi connectivity index (χ0v) is 18.2. The molecule has 5 nitrogen and oxygen atoms in total. The molecule has 3 aromatic rings. The maximum Gasteiger partial charge on any atom is 0.275 e. The maximum atomic E-state index is 12.7. The van der Waals surface area contributed by atoms with Gasteiger partial charge in [-0.05, 0) is 54.4 Å². The smallest absolute Gasteiger partial charge is 0.275 e. The number of piperazine rings is 1. The molecule has 1 amide bonds. The Hall–Kier alpha value is -3.18. The molecule has 0 bridgehead atoms. The van der Waals surface area contributed by atoms with E-state index in [9.17, 15) is 9.59 Å². The highest BCUT2D eigenvalue weighted by Crippen LogP contribution is 2.23. The molecule has 160 valence electrons. The second-order valence-electron chi connectivity index (χ2n) is 8.37. The lowest BCUT2D eigenvalue weighted by atomic mass is 10.00. The van der Waals surface area contributed by atoms with E-state index in [0.29, 0.717) is 6.54 Å². The minimum absolute atomic E-state index is 0.0286. The summed E-state index contributed by atoms with van der Waals surface area (Å²) in [6.45, 7) is 7.78. The van der Waals surface area contributed by atoms with Crippen LogP contribution in [0.2, 0.25) is 0 Å². The molecule has 4 rings (SSSR count). The molecular formula is C26H30N3O2+. The third-order valence-electron chi connectivity index (χ3n) is 6.19. The summed E-state index contributed by atoms with van der Waals surface area (Å²) in [6.07, 6.45) is 0. The average molecular weight is 417 g/mol. The molecule has 1 atom stereocenters. The summed E-state index contributed by atoms with van der Waals surface area (Å²) in [5, 5.41) is 5.57. The topological polar surface area (TPSA) is 53.9 Å². The van der Waals surface area contributed by atoms with Crippen molar-refractivity contribution >= 4 is 28.2 Å². The predicted octanol–water partition coefficient (Wildman–Crippen LogP) is 2.62. The van der Waals surface area contributed by atoms with Crippen molar-refractivity contribution in [1.29, 1.82) is 0 Å². The first-order valence-electron chi connectivity index (χ1n) is 11.0. The highest BCUT2D eigenvalue weighted by molar-refractivity contribution is 5.94. The second-order valence-corrected chi connectivity index (χ2v) is 8.37. The van der Waals surface area contributed by atoms with Crippen molar-refractivity contribution in [3.8, 4) is 0 Å². The number of Topliss-reactive ketones (excluding diaryl/α,β-unsaturated/α-hetero) is 1. The van der Waals surface area contributed by atoms with Gasteiger partial charge >= 0.3 is 0 Å². The molecule has 1 saturated heterocycles. The van der Waals surface area contributed by atoms with Gasteiger partial charge in [-0.15, -0.1) is 0 Å². The molecule has 1 aliphatic heterocycles. The third kappa shape index (κ3) is 4.94. The summed E-state index contributed by atoms with van der Waals surface area (Å²) < 4.78 is 0. The fourth-order valence-electron chi connectivity index (χ4n) is 4.39. The number of anilines is 1. The van der Waals surface area contributed by atoms with Crippen LogP contribution >= 0.6 is 0 Å². The Morgan fingerprint density at radius 3 is 2.35 bits per heavy atom. The number of quaternary nitrogens is 1. The molecule has 5 heteroatoms. The van der Waals surface area contributed by atoms with Gasteiger partial charge in [0.25, 0.3) is 5.91 Å². The second kappa shape index (κ2) is 9.31. The third-order valence-corrected chi connectivity index (χ3v) is 6.19. The Kier molecular flexibility index (Phi) is 6.33. The van der Waals surface area contributed by atoms with Gasteiger partial charge in [-0.2, -0.15) is 0 Å². The van der Waals surface area contributed by atoms with Crippen molar-refractivity contribution in [3.63, 3.8) is 0 Å². The summed E-state index contributed by atoms with van der Waals surface area (Å²) in [5.41, 5.74) is 3.03. The van der Waals surface area contributed by atoms with Crippen LogP contribution in [0, 0.1) is 0 Å². The highest BCUT2D eigenvalue weighted by Gasteiger charge is 2.23. The molecular weight excluding hydrogens is 386 g/mol. The van der Waals surface area contributed by atoms with Crippen LogP contribution in [0.3, 0.4) is 0 Å². The van der Waals surface area contributed by atoms with E-state index in [1.54, 1.807) is 6.92 Å². The fourth-order valence-corrected chi connectivity index (χ4v) is 4.39. The van der Waals surface area contributed by atoms with E-state index in [2.05, 4.69) is 41.4 Å². The van der Waals surface area contributed by atoms with Gasteiger partial charge in [0, 0.05) is 11.3 Å². The van der Waals surface area contributed by atoms with Gasteiger partial charge in [0.05, 0.1) is 32.2 Å². The van der Waals surface area contributed by atoms with Gasteiger partial charge in [-0.25, -0.2) is 0 Å². The number of carbonyl (C=O) groups excluding carboxylic acids is 2. The number of hydrogen-bond donors (Lipinski definition) is 2. The Morgan fingerprint density at radius 2 is 1.65 bits per heavy atom. The Morgan fingerprint density at radius 1 is 0.968 bits per heavy atom. The lowest BCUT2D eigenvalue weighted by molar-refractivity contribution is -0.892. The SMILES string of the molecule is CC(=O)c1ccc(N2CC[NH+](CC(=O)N[C@H](C)c3cccc4ccccc34)CC2)cc1. The molecule has 0 unspecified atom stereocenters. The van der Waals surface area contributed by atoms with Gasteiger partial charge in [-0.1, -0.05) is 42.5 Å². The molecule has 0 saturated carbocycles. The molecule has 3 aromatic carbocycles. The molecule has 0 aliphatic carbocycles. The number of carbonyl (C=O) groups is 2. The van der Waals surface area contributed by atoms with E-state index in [4.69, 9.17) is 0 Å². The van der Waals surface area contributed by atoms with Gasteiger partial charge in [-0.3, -0.25) is 9.59 Å².